The molecule has 1 fully saturated rings. The fraction of sp³-hybridized carbons (Fsp3) is 0.562. The summed E-state index contributed by atoms with van der Waals surface area (Å²) in [6.07, 6.45) is -3.58. The van der Waals surface area contributed by atoms with Crippen LogP contribution < -0.4 is 10.6 Å². The summed E-state index contributed by atoms with van der Waals surface area (Å²) in [6, 6.07) is -2.46. The summed E-state index contributed by atoms with van der Waals surface area (Å²) < 4.78 is 6.76. The van der Waals surface area contributed by atoms with Gasteiger partial charge in [0, 0.05) is 0 Å². The van der Waals surface area contributed by atoms with Crippen LogP contribution in [0.2, 0.25) is 0 Å². The van der Waals surface area contributed by atoms with Gasteiger partial charge in [0.2, 0.25) is 0 Å². The normalized spacial score (nSPS) is 25.8. The van der Waals surface area contributed by atoms with E-state index in [2.05, 4.69) is 25.6 Å². The maximum absolute atomic E-state index is 12.2. The number of aliphatic hydroxyl groups excluding tert-OH is 4. The van der Waals surface area contributed by atoms with Crippen LogP contribution in [-0.2, 0) is 9.53 Å². The molecule has 0 aliphatic carbocycles. The number of aliphatic hydroxyl groups is 4. The largest absolute Gasteiger partial charge is 0.480 e. The SMILES string of the molecule is CCC(O)C(NC(=O)Nc1ncnc2c1ncn2[C@@H]1O[C@H](CO)[C@H](O)[C@@H]1O)C(=O)O. The van der Waals surface area contributed by atoms with Gasteiger partial charge < -0.3 is 35.6 Å². The number of carbonyl (C=O) groups excluding carboxylic acids is 1. The topological polar surface area (TPSA) is 212 Å². The Hall–Kier alpha value is -2.91. The van der Waals surface area contributed by atoms with Gasteiger partial charge in [-0.3, -0.25) is 9.88 Å². The molecule has 0 spiro atoms. The lowest BCUT2D eigenvalue weighted by molar-refractivity contribution is -0.142. The quantitative estimate of drug-likeness (QED) is 0.252. The van der Waals surface area contributed by atoms with Gasteiger partial charge in [0.05, 0.1) is 19.0 Å². The molecule has 14 heteroatoms. The van der Waals surface area contributed by atoms with E-state index in [1.165, 1.54) is 10.9 Å². The van der Waals surface area contributed by atoms with Gasteiger partial charge in [0.15, 0.2) is 29.3 Å². The van der Waals surface area contributed by atoms with Crippen molar-refractivity contribution in [2.24, 2.45) is 0 Å². The van der Waals surface area contributed by atoms with Gasteiger partial charge in [-0.15, -0.1) is 0 Å². The Morgan fingerprint density at radius 1 is 1.27 bits per heavy atom. The van der Waals surface area contributed by atoms with Gasteiger partial charge >= 0.3 is 12.0 Å². The van der Waals surface area contributed by atoms with E-state index in [0.29, 0.717) is 0 Å². The van der Waals surface area contributed by atoms with Crippen molar-refractivity contribution in [2.45, 2.75) is 50.0 Å². The molecular formula is C16H22N6O8. The van der Waals surface area contributed by atoms with Crippen LogP contribution in [-0.4, -0.2) is 94.1 Å². The first-order valence-corrected chi connectivity index (χ1v) is 9.06. The molecule has 0 bridgehead atoms. The van der Waals surface area contributed by atoms with E-state index >= 15 is 0 Å². The van der Waals surface area contributed by atoms with Crippen LogP contribution in [0.5, 0.6) is 0 Å². The lowest BCUT2D eigenvalue weighted by atomic mass is 10.1. The van der Waals surface area contributed by atoms with Crippen molar-refractivity contribution in [1.82, 2.24) is 24.8 Å². The maximum atomic E-state index is 12.2. The zero-order valence-corrected chi connectivity index (χ0v) is 15.8. The summed E-state index contributed by atoms with van der Waals surface area (Å²) in [5.41, 5.74) is 0.256. The van der Waals surface area contributed by atoms with Crippen LogP contribution in [0.4, 0.5) is 10.6 Å². The van der Waals surface area contributed by atoms with Gasteiger partial charge in [0.1, 0.15) is 24.6 Å². The van der Waals surface area contributed by atoms with E-state index in [9.17, 15) is 30.0 Å². The van der Waals surface area contributed by atoms with E-state index in [1.807, 2.05) is 0 Å². The van der Waals surface area contributed by atoms with Gasteiger partial charge in [-0.05, 0) is 6.42 Å². The minimum absolute atomic E-state index is 0.0573. The molecule has 0 saturated carbocycles. The summed E-state index contributed by atoms with van der Waals surface area (Å²) in [5.74, 6) is -1.46. The molecule has 164 valence electrons. The molecule has 2 unspecified atom stereocenters. The monoisotopic (exact) mass is 426 g/mol. The van der Waals surface area contributed by atoms with E-state index in [0.717, 1.165) is 6.33 Å². The molecule has 14 nitrogen and oxygen atoms in total. The number of carboxylic acids is 1. The first kappa shape index (κ1) is 21.8. The molecule has 1 aliphatic heterocycles. The summed E-state index contributed by atoms with van der Waals surface area (Å²) >= 11 is 0. The Kier molecular flexibility index (Phi) is 6.42. The average molecular weight is 426 g/mol. The number of carboxylic acid groups (broad SMARTS) is 1. The summed E-state index contributed by atoms with van der Waals surface area (Å²) in [4.78, 5) is 35.5. The van der Waals surface area contributed by atoms with Crippen LogP contribution in [0.25, 0.3) is 11.2 Å². The predicted octanol–water partition coefficient (Wildman–Crippen LogP) is -2.22. The number of anilines is 1. The Labute approximate surface area is 169 Å². The number of amides is 2. The molecule has 2 amide bonds. The third-order valence-corrected chi connectivity index (χ3v) is 4.74. The fourth-order valence-corrected chi connectivity index (χ4v) is 3.08. The molecule has 3 rings (SSSR count). The van der Waals surface area contributed by atoms with Gasteiger partial charge in [0.25, 0.3) is 0 Å². The zero-order chi connectivity index (χ0) is 22.0. The highest BCUT2D eigenvalue weighted by Gasteiger charge is 2.44. The molecule has 3 heterocycles. The van der Waals surface area contributed by atoms with Crippen LogP contribution in [0.15, 0.2) is 12.7 Å². The predicted molar refractivity (Wildman–Crippen MR) is 98.2 cm³/mol. The van der Waals surface area contributed by atoms with Crippen molar-refractivity contribution in [3.8, 4) is 0 Å². The second kappa shape index (κ2) is 8.85. The molecule has 1 saturated heterocycles. The molecule has 1 aliphatic rings. The number of nitrogens with zero attached hydrogens (tertiary/aromatic N) is 4. The van der Waals surface area contributed by atoms with E-state index < -0.39 is 55.3 Å². The van der Waals surface area contributed by atoms with Crippen LogP contribution in [0, 0.1) is 0 Å². The molecule has 0 radical (unpaired) electrons. The minimum Gasteiger partial charge on any atom is -0.480 e. The lowest BCUT2D eigenvalue weighted by Gasteiger charge is -2.19. The third kappa shape index (κ3) is 4.03. The van der Waals surface area contributed by atoms with E-state index in [1.54, 1.807) is 6.92 Å². The smallest absolute Gasteiger partial charge is 0.328 e. The fourth-order valence-electron chi connectivity index (χ4n) is 3.08. The van der Waals surface area contributed by atoms with Crippen molar-refractivity contribution in [2.75, 3.05) is 11.9 Å². The van der Waals surface area contributed by atoms with Crippen molar-refractivity contribution < 1.29 is 39.9 Å². The minimum atomic E-state index is -1.52. The number of rotatable bonds is 7. The zero-order valence-electron chi connectivity index (χ0n) is 15.8. The standard InChI is InChI=1S/C16H22N6O8/c1-2-6(24)8(15(27)28)20-16(29)21-12-9-13(18-4-17-12)22(5-19-9)14-11(26)10(25)7(3-23)30-14/h4-8,10-11,14,23-26H,2-3H2,1H3,(H,27,28)(H2,17,18,20,21,29)/t6?,7-,8?,10+,11+,14-/m1/s1. The van der Waals surface area contributed by atoms with Gasteiger partial charge in [-0.1, -0.05) is 6.92 Å². The highest BCUT2D eigenvalue weighted by molar-refractivity contribution is 5.97. The number of urea groups is 1. The molecule has 30 heavy (non-hydrogen) atoms. The second-order valence-electron chi connectivity index (χ2n) is 6.67. The highest BCUT2D eigenvalue weighted by Crippen LogP contribution is 2.32. The van der Waals surface area contributed by atoms with E-state index in [-0.39, 0.29) is 23.4 Å². The lowest BCUT2D eigenvalue weighted by Crippen LogP contribution is -2.50. The number of imidazole rings is 1. The van der Waals surface area contributed by atoms with Crippen LogP contribution >= 0.6 is 0 Å². The summed E-state index contributed by atoms with van der Waals surface area (Å²) in [6.45, 7) is 1.07. The number of ether oxygens (including phenoxy) is 1. The average Bonchev–Trinajstić information content (AvgIpc) is 3.27. The number of carbonyl (C=O) groups is 2. The maximum Gasteiger partial charge on any atom is 0.328 e. The first-order chi connectivity index (χ1) is 14.3. The molecular weight excluding hydrogens is 404 g/mol. The molecule has 2 aromatic heterocycles. The van der Waals surface area contributed by atoms with E-state index in [4.69, 9.17) is 9.84 Å². The van der Waals surface area contributed by atoms with Crippen molar-refractivity contribution in [3.05, 3.63) is 12.7 Å². The molecule has 2 aromatic rings. The third-order valence-electron chi connectivity index (χ3n) is 4.74. The molecule has 7 N–H and O–H groups in total. The number of hydrogen-bond donors (Lipinski definition) is 7. The summed E-state index contributed by atoms with van der Waals surface area (Å²) in [7, 11) is 0. The second-order valence-corrected chi connectivity index (χ2v) is 6.67. The van der Waals surface area contributed by atoms with Crippen molar-refractivity contribution in [3.63, 3.8) is 0 Å². The summed E-state index contributed by atoms with van der Waals surface area (Å²) in [5, 5.41) is 52.8. The highest BCUT2D eigenvalue weighted by atomic mass is 16.6. The Bertz CT molecular complexity index is 922. The Balaban J connectivity index is 1.82. The van der Waals surface area contributed by atoms with Crippen molar-refractivity contribution >= 4 is 29.0 Å². The molecule has 6 atom stereocenters. The first-order valence-electron chi connectivity index (χ1n) is 9.06. The number of aliphatic carboxylic acids is 1. The van der Waals surface area contributed by atoms with Gasteiger partial charge in [-0.25, -0.2) is 24.5 Å². The Morgan fingerprint density at radius 2 is 2.00 bits per heavy atom. The molecule has 0 aromatic carbocycles. The number of nitrogens with one attached hydrogen (secondary N) is 2. The van der Waals surface area contributed by atoms with Crippen LogP contribution in [0.3, 0.4) is 0 Å². The van der Waals surface area contributed by atoms with Crippen molar-refractivity contribution in [1.29, 1.82) is 0 Å². The number of fused-ring (bicyclic) bond motifs is 1. The number of aromatic nitrogens is 4. The van der Waals surface area contributed by atoms with Gasteiger partial charge in [-0.2, -0.15) is 0 Å². The number of hydrogen-bond acceptors (Lipinski definition) is 10. The Morgan fingerprint density at radius 3 is 2.60 bits per heavy atom. The van der Waals surface area contributed by atoms with Crippen LogP contribution in [0.1, 0.15) is 19.6 Å².